The van der Waals surface area contributed by atoms with Crippen LogP contribution in [0.25, 0.3) is 69.6 Å². The summed E-state index contributed by atoms with van der Waals surface area (Å²) in [6.45, 7) is 8.85. The first-order chi connectivity index (χ1) is 19.1. The van der Waals surface area contributed by atoms with Gasteiger partial charge in [0.25, 0.3) is 0 Å². The van der Waals surface area contributed by atoms with Gasteiger partial charge in [-0.15, -0.1) is 11.3 Å². The van der Waals surface area contributed by atoms with Gasteiger partial charge in [-0.25, -0.2) is 0 Å². The van der Waals surface area contributed by atoms with Gasteiger partial charge >= 0.3 is 0 Å². The minimum Gasteiger partial charge on any atom is -0.455 e. The molecule has 0 saturated carbocycles. The molecule has 0 saturated heterocycles. The molecular weight excluding hydrogens is 562 g/mol. The van der Waals surface area contributed by atoms with E-state index in [1.54, 1.807) is 12.2 Å². The Morgan fingerprint density at radius 3 is 2.36 bits per heavy atom. The molecular formula is C35H24BrNOS. The van der Waals surface area contributed by atoms with Crippen LogP contribution >= 0.6 is 27.3 Å². The van der Waals surface area contributed by atoms with E-state index in [9.17, 15) is 0 Å². The molecule has 0 aliphatic carbocycles. The lowest BCUT2D eigenvalue weighted by molar-refractivity contribution is 0.673. The summed E-state index contributed by atoms with van der Waals surface area (Å²) in [5.74, 6) is 0. The van der Waals surface area contributed by atoms with Gasteiger partial charge in [0.2, 0.25) is 0 Å². The van der Waals surface area contributed by atoms with Crippen molar-refractivity contribution < 1.29 is 4.42 Å². The van der Waals surface area contributed by atoms with Gasteiger partial charge in [0, 0.05) is 46.5 Å². The molecule has 8 aromatic rings. The zero-order chi connectivity index (χ0) is 26.7. The third-order valence-corrected chi connectivity index (χ3v) is 8.91. The maximum absolute atomic E-state index is 6.51. The second kappa shape index (κ2) is 9.26. The number of nitrogens with zero attached hydrogens (tertiary/aromatic N) is 1. The summed E-state index contributed by atoms with van der Waals surface area (Å²) in [5.41, 5.74) is 6.61. The average molecular weight is 587 g/mol. The number of fused-ring (bicyclic) bond motifs is 10. The number of aromatic nitrogens is 1. The molecule has 0 fully saturated rings. The molecule has 8 rings (SSSR count). The minimum absolute atomic E-state index is 0.931. The lowest BCUT2D eigenvalue weighted by Gasteiger charge is -2.08. The molecule has 0 unspecified atom stereocenters. The molecule has 0 amide bonds. The number of halogens is 1. The van der Waals surface area contributed by atoms with Gasteiger partial charge in [0.15, 0.2) is 0 Å². The molecule has 188 valence electrons. The lowest BCUT2D eigenvalue weighted by atomic mass is 10.1. The predicted octanol–water partition coefficient (Wildman–Crippen LogP) is 11.5. The van der Waals surface area contributed by atoms with Crippen molar-refractivity contribution in [2.75, 3.05) is 0 Å². The molecule has 4 heteroatoms. The number of benzene rings is 5. The van der Waals surface area contributed by atoms with Gasteiger partial charge in [0.05, 0.1) is 16.4 Å². The number of hydrogen-bond donors (Lipinski definition) is 0. The molecule has 0 N–H and O–H groups in total. The quantitative estimate of drug-likeness (QED) is 0.184. The first-order valence-corrected chi connectivity index (χ1v) is 14.4. The van der Waals surface area contributed by atoms with Crippen LogP contribution in [0.3, 0.4) is 0 Å². The highest BCUT2D eigenvalue weighted by atomic mass is 79.9. The minimum atomic E-state index is 0.931. The van der Waals surface area contributed by atoms with Gasteiger partial charge in [-0.2, -0.15) is 0 Å². The van der Waals surface area contributed by atoms with Gasteiger partial charge in [-0.05, 0) is 73.7 Å². The smallest absolute Gasteiger partial charge is 0.145 e. The Morgan fingerprint density at radius 2 is 1.51 bits per heavy atom. The topological polar surface area (TPSA) is 18.1 Å². The maximum Gasteiger partial charge on any atom is 0.145 e. The summed E-state index contributed by atoms with van der Waals surface area (Å²) in [5, 5.41) is 7.29. The molecule has 3 heterocycles. The monoisotopic (exact) mass is 585 g/mol. The Labute approximate surface area is 238 Å². The van der Waals surface area contributed by atoms with Gasteiger partial charge in [0.1, 0.15) is 11.2 Å². The SMILES string of the molecule is C=CC=C.Cc1ccc2oc3c(ccc4c3c3cc(Br)ccc3n4-c3ccc4sc5ccccc5c4c3)c2c1. The number of thiophene rings is 1. The largest absolute Gasteiger partial charge is 0.455 e. The molecule has 0 spiro atoms. The zero-order valence-electron chi connectivity index (χ0n) is 21.4. The third-order valence-electron chi connectivity index (χ3n) is 7.27. The van der Waals surface area contributed by atoms with Crippen molar-refractivity contribution in [3.63, 3.8) is 0 Å². The van der Waals surface area contributed by atoms with Gasteiger partial charge in [-0.3, -0.25) is 0 Å². The predicted molar refractivity (Wildman–Crippen MR) is 174 cm³/mol. The molecule has 0 radical (unpaired) electrons. The van der Waals surface area contributed by atoms with E-state index in [0.717, 1.165) is 37.6 Å². The Kier molecular flexibility index (Phi) is 5.69. The van der Waals surface area contributed by atoms with E-state index in [4.69, 9.17) is 4.42 Å². The summed E-state index contributed by atoms with van der Waals surface area (Å²) in [6, 6.07) is 32.9. The van der Waals surface area contributed by atoms with Crippen LogP contribution in [0.5, 0.6) is 0 Å². The van der Waals surface area contributed by atoms with E-state index >= 15 is 0 Å². The molecule has 0 bridgehead atoms. The Bertz CT molecular complexity index is 2240. The van der Waals surface area contributed by atoms with Crippen LogP contribution in [0, 0.1) is 6.92 Å². The Morgan fingerprint density at radius 1 is 0.718 bits per heavy atom. The van der Waals surface area contributed by atoms with Gasteiger partial charge in [-0.1, -0.05) is 71.1 Å². The fraction of sp³-hybridized carbons (Fsp3) is 0.0286. The van der Waals surface area contributed by atoms with E-state index < -0.39 is 0 Å². The van der Waals surface area contributed by atoms with Crippen LogP contribution in [0.15, 0.2) is 125 Å². The highest BCUT2D eigenvalue weighted by Crippen LogP contribution is 2.42. The second-order valence-corrected chi connectivity index (χ2v) is 11.7. The van der Waals surface area contributed by atoms with Gasteiger partial charge < -0.3 is 8.98 Å². The average Bonchev–Trinajstić information content (AvgIpc) is 3.61. The van der Waals surface area contributed by atoms with Crippen LogP contribution in [-0.2, 0) is 0 Å². The van der Waals surface area contributed by atoms with E-state index in [2.05, 4.69) is 132 Å². The first kappa shape index (κ1) is 24.0. The number of hydrogen-bond acceptors (Lipinski definition) is 2. The Balaban J connectivity index is 0.000000595. The summed E-state index contributed by atoms with van der Waals surface area (Å²) >= 11 is 5.56. The molecule has 0 aliphatic heterocycles. The molecule has 0 atom stereocenters. The number of aryl methyl sites for hydroxylation is 1. The van der Waals surface area contributed by atoms with E-state index in [0.29, 0.717) is 0 Å². The molecule has 39 heavy (non-hydrogen) atoms. The Hall–Kier alpha value is -4.12. The number of allylic oxidation sites excluding steroid dienone is 2. The fourth-order valence-corrected chi connectivity index (χ4v) is 7.00. The first-order valence-electron chi connectivity index (χ1n) is 12.8. The maximum atomic E-state index is 6.51. The normalized spacial score (nSPS) is 11.5. The second-order valence-electron chi connectivity index (χ2n) is 9.69. The van der Waals surface area contributed by atoms with Crippen molar-refractivity contribution in [1.29, 1.82) is 0 Å². The van der Waals surface area contributed by atoms with Crippen molar-refractivity contribution in [2.24, 2.45) is 0 Å². The van der Waals surface area contributed by atoms with Crippen molar-refractivity contribution >= 4 is 91.2 Å². The van der Waals surface area contributed by atoms with Crippen LogP contribution in [0.2, 0.25) is 0 Å². The van der Waals surface area contributed by atoms with Crippen LogP contribution in [0.1, 0.15) is 5.56 Å². The van der Waals surface area contributed by atoms with E-state index in [-0.39, 0.29) is 0 Å². The third kappa shape index (κ3) is 3.75. The van der Waals surface area contributed by atoms with Crippen LogP contribution in [0.4, 0.5) is 0 Å². The molecule has 2 nitrogen and oxygen atoms in total. The van der Waals surface area contributed by atoms with Crippen molar-refractivity contribution in [3.05, 3.63) is 126 Å². The summed E-state index contributed by atoms with van der Waals surface area (Å²) in [6.07, 6.45) is 3.28. The zero-order valence-corrected chi connectivity index (χ0v) is 23.8. The number of rotatable bonds is 2. The van der Waals surface area contributed by atoms with Crippen LogP contribution < -0.4 is 0 Å². The summed E-state index contributed by atoms with van der Waals surface area (Å²) in [4.78, 5) is 0. The van der Waals surface area contributed by atoms with Crippen molar-refractivity contribution in [3.8, 4) is 5.69 Å². The van der Waals surface area contributed by atoms with E-state index in [1.165, 1.54) is 42.0 Å². The molecule has 3 aromatic heterocycles. The highest BCUT2D eigenvalue weighted by Gasteiger charge is 2.19. The number of furan rings is 1. The van der Waals surface area contributed by atoms with Crippen molar-refractivity contribution in [2.45, 2.75) is 6.92 Å². The summed E-state index contributed by atoms with van der Waals surface area (Å²) in [7, 11) is 0. The summed E-state index contributed by atoms with van der Waals surface area (Å²) < 4.78 is 12.6. The lowest BCUT2D eigenvalue weighted by Crippen LogP contribution is -1.93. The molecule has 5 aromatic carbocycles. The van der Waals surface area contributed by atoms with Crippen molar-refractivity contribution in [1.82, 2.24) is 4.57 Å². The highest BCUT2D eigenvalue weighted by molar-refractivity contribution is 9.10. The fourth-order valence-electron chi connectivity index (χ4n) is 5.55. The van der Waals surface area contributed by atoms with Crippen LogP contribution in [-0.4, -0.2) is 4.57 Å². The standard InChI is InChI=1S/C31H18BrNOS.C4H6/c1-17-6-12-27-22(14-17)21-9-11-26-30(31(21)34-27)24-15-18(32)7-10-25(24)33(26)19-8-13-29-23(16-19)20-4-2-3-5-28(20)35-29;1-3-4-2/h2-16H,1H3;3-4H,1-2H2. The molecule has 0 aliphatic rings. The van der Waals surface area contributed by atoms with E-state index in [1.807, 2.05) is 11.3 Å².